The van der Waals surface area contributed by atoms with Gasteiger partial charge in [0.1, 0.15) is 6.04 Å². The van der Waals surface area contributed by atoms with Crippen molar-refractivity contribution >= 4 is 6.21 Å². The van der Waals surface area contributed by atoms with Gasteiger partial charge in [-0.3, -0.25) is 4.99 Å². The van der Waals surface area contributed by atoms with E-state index in [9.17, 15) is 0 Å². The van der Waals surface area contributed by atoms with Gasteiger partial charge in [-0.25, -0.2) is 0 Å². The molecular formula is C45H36FeN2+2. The van der Waals surface area contributed by atoms with Gasteiger partial charge in [0.15, 0.2) is 0 Å². The average molecular weight is 661 g/mol. The molecule has 0 spiro atoms. The molecule has 8 rings (SSSR count). The van der Waals surface area contributed by atoms with Crippen LogP contribution in [-0.2, 0) is 17.1 Å². The summed E-state index contributed by atoms with van der Waals surface area (Å²) in [7, 11) is 4.09. The van der Waals surface area contributed by atoms with Crippen LogP contribution in [0.15, 0.2) is 168 Å². The molecule has 3 aliphatic rings. The van der Waals surface area contributed by atoms with Crippen molar-refractivity contribution in [2.24, 2.45) is 4.99 Å². The van der Waals surface area contributed by atoms with Crippen molar-refractivity contribution in [2.75, 3.05) is 14.1 Å². The van der Waals surface area contributed by atoms with Gasteiger partial charge in [0.2, 0.25) is 0 Å². The smallest absolute Gasteiger partial charge is 0.380 e. The third-order valence-electron chi connectivity index (χ3n) is 8.56. The van der Waals surface area contributed by atoms with Crippen LogP contribution in [0.2, 0.25) is 0 Å². The Kier molecular flexibility index (Phi) is 11.1. The monoisotopic (exact) mass is 660 g/mol. The molecule has 5 aromatic rings. The Labute approximate surface area is 298 Å². The maximum atomic E-state index is 4.26. The van der Waals surface area contributed by atoms with E-state index in [0.717, 1.165) is 6.04 Å². The summed E-state index contributed by atoms with van der Waals surface area (Å²) in [6.07, 6.45) is 10.0. The molecule has 232 valence electrons. The van der Waals surface area contributed by atoms with Crippen LogP contribution < -0.4 is 0 Å². The number of hydrogen-bond donors (Lipinski definition) is 0. The number of rotatable bonds is 6. The van der Waals surface area contributed by atoms with Crippen molar-refractivity contribution in [3.63, 3.8) is 0 Å². The molecule has 1 heterocycles. The van der Waals surface area contributed by atoms with Crippen LogP contribution >= 0.6 is 0 Å². The Morgan fingerprint density at radius 2 is 0.729 bits per heavy atom. The van der Waals surface area contributed by atoms with Crippen LogP contribution in [0.3, 0.4) is 0 Å². The summed E-state index contributed by atoms with van der Waals surface area (Å²) in [5, 5.41) is 0. The minimum Gasteiger partial charge on any atom is -0.380 e. The summed E-state index contributed by atoms with van der Waals surface area (Å²) in [6, 6.07) is 55.2. The molecule has 2 saturated carbocycles. The molecule has 0 atom stereocenters. The first-order chi connectivity index (χ1) is 23.2. The molecule has 2 nitrogen and oxygen atoms in total. The molecule has 1 aliphatic heterocycles. The van der Waals surface area contributed by atoms with Crippen molar-refractivity contribution in [3.05, 3.63) is 252 Å². The van der Waals surface area contributed by atoms with Crippen LogP contribution in [0.5, 0.6) is 0 Å². The van der Waals surface area contributed by atoms with E-state index < -0.39 is 0 Å². The van der Waals surface area contributed by atoms with Gasteiger partial charge < -0.3 is 4.90 Å². The minimum absolute atomic E-state index is 0. The third kappa shape index (κ3) is 7.00. The van der Waals surface area contributed by atoms with Crippen LogP contribution in [-0.4, -0.2) is 25.2 Å². The third-order valence-corrected chi connectivity index (χ3v) is 8.56. The predicted octanol–water partition coefficient (Wildman–Crippen LogP) is 9.36. The molecule has 10 radical (unpaired) electrons. The van der Waals surface area contributed by atoms with Crippen molar-refractivity contribution in [2.45, 2.75) is 0 Å². The molecule has 0 N–H and O–H groups in total. The van der Waals surface area contributed by atoms with E-state index in [4.69, 9.17) is 0 Å². The zero-order valence-electron chi connectivity index (χ0n) is 27.1. The molecule has 0 unspecified atom stereocenters. The number of aliphatic imine (C=N–C) groups is 1. The molecule has 48 heavy (non-hydrogen) atoms. The minimum atomic E-state index is 0. The Hall–Kier alpha value is -4.17. The van der Waals surface area contributed by atoms with Gasteiger partial charge in [0.05, 0.1) is 5.92 Å². The number of benzene rings is 5. The van der Waals surface area contributed by atoms with E-state index in [-0.39, 0.29) is 17.1 Å². The van der Waals surface area contributed by atoms with Crippen molar-refractivity contribution in [1.29, 1.82) is 0 Å². The Balaban J connectivity index is 0.000000260. The Bertz CT molecular complexity index is 1490. The first-order valence-electron chi connectivity index (χ1n) is 16.0. The molecule has 2 aliphatic carbocycles. The number of nitrogens with zero attached hydrogens (tertiary/aromatic N) is 2. The van der Waals surface area contributed by atoms with E-state index in [1.54, 1.807) is 0 Å². The second kappa shape index (κ2) is 15.8. The molecule has 0 saturated heterocycles. The molecule has 0 aromatic heterocycles. The first-order valence-corrected chi connectivity index (χ1v) is 16.0. The van der Waals surface area contributed by atoms with E-state index in [1.807, 2.05) is 39.2 Å². The number of dihydropyridines is 1. The fourth-order valence-corrected chi connectivity index (χ4v) is 6.50. The van der Waals surface area contributed by atoms with Gasteiger partial charge in [-0.05, 0) is 53.2 Å². The zero-order valence-corrected chi connectivity index (χ0v) is 28.2. The average Bonchev–Trinajstić information content (AvgIpc) is 3.77. The van der Waals surface area contributed by atoms with Gasteiger partial charge >= 0.3 is 17.1 Å². The SMILES string of the molecule is CN(C)C1=CC=N[C]2[CH][CH][CH][C]21.[Fe+2].c1ccc([C]2[C](c3ccccc3)[C](c3ccccc3)[C](c3ccccc3)[C]2c2ccccc2)cc1. The summed E-state index contributed by atoms with van der Waals surface area (Å²) in [4.78, 5) is 6.36. The normalized spacial score (nSPS) is 17.7. The fourth-order valence-electron chi connectivity index (χ4n) is 6.50. The maximum Gasteiger partial charge on any atom is 2.00 e. The zero-order chi connectivity index (χ0) is 32.0. The second-order valence-corrected chi connectivity index (χ2v) is 11.8. The quantitative estimate of drug-likeness (QED) is 0.166. The van der Waals surface area contributed by atoms with Crippen molar-refractivity contribution in [1.82, 2.24) is 4.90 Å². The van der Waals surface area contributed by atoms with Crippen molar-refractivity contribution in [3.8, 4) is 0 Å². The number of allylic oxidation sites excluding steroid dienone is 1. The molecular weight excluding hydrogens is 624 g/mol. The topological polar surface area (TPSA) is 15.6 Å². The Morgan fingerprint density at radius 3 is 1.02 bits per heavy atom. The van der Waals surface area contributed by atoms with E-state index in [1.165, 1.54) is 69.0 Å². The predicted molar refractivity (Wildman–Crippen MR) is 194 cm³/mol. The van der Waals surface area contributed by atoms with Crippen LogP contribution in [0.1, 0.15) is 27.8 Å². The summed E-state index contributed by atoms with van der Waals surface area (Å²) in [5.41, 5.74) is 7.36. The molecule has 2 fully saturated rings. The molecule has 5 aromatic carbocycles. The van der Waals surface area contributed by atoms with Gasteiger partial charge in [-0.1, -0.05) is 152 Å². The summed E-state index contributed by atoms with van der Waals surface area (Å²) < 4.78 is 0. The molecule has 0 bridgehead atoms. The summed E-state index contributed by atoms with van der Waals surface area (Å²) >= 11 is 0. The van der Waals surface area contributed by atoms with E-state index in [0.29, 0.717) is 0 Å². The van der Waals surface area contributed by atoms with Crippen LogP contribution in [0.4, 0.5) is 0 Å². The fraction of sp³-hybridized carbons (Fsp3) is 0.0444. The first kappa shape index (κ1) is 33.7. The Morgan fingerprint density at radius 1 is 0.417 bits per heavy atom. The van der Waals surface area contributed by atoms with Gasteiger partial charge in [0.25, 0.3) is 0 Å². The number of fused-ring (bicyclic) bond motifs is 1. The van der Waals surface area contributed by atoms with Gasteiger partial charge in [0, 0.05) is 55.6 Å². The second-order valence-electron chi connectivity index (χ2n) is 11.8. The van der Waals surface area contributed by atoms with Crippen LogP contribution in [0.25, 0.3) is 0 Å². The standard InChI is InChI=1S/C35H25.C10H11N2.Fe/c1-6-16-26(17-7-1)31-32(27-18-8-2-9-19-27)34(29-22-12-4-13-23-29)35(30-24-14-5-15-25-30)33(31)28-20-10-3-11-21-28;1-12(2)10-6-7-11-9-5-3-4-8(9)10;/h1-25H;3-7H,1-2H3;/q;;+2. The van der Waals surface area contributed by atoms with E-state index >= 15 is 0 Å². The molecule has 3 heteroatoms. The number of hydrogen-bond acceptors (Lipinski definition) is 2. The van der Waals surface area contributed by atoms with Crippen LogP contribution in [0, 0.1) is 60.8 Å². The maximum absolute atomic E-state index is 4.26. The van der Waals surface area contributed by atoms with Crippen molar-refractivity contribution < 1.29 is 17.1 Å². The van der Waals surface area contributed by atoms with Gasteiger partial charge in [-0.15, -0.1) is 0 Å². The molecule has 0 amide bonds. The largest absolute Gasteiger partial charge is 2.00 e. The van der Waals surface area contributed by atoms with E-state index in [2.05, 4.69) is 168 Å². The van der Waals surface area contributed by atoms with Gasteiger partial charge in [-0.2, -0.15) is 0 Å². The summed E-state index contributed by atoms with van der Waals surface area (Å²) in [5.74, 6) is 7.62. The summed E-state index contributed by atoms with van der Waals surface area (Å²) in [6.45, 7) is 0.